The molecule has 2 rings (SSSR count). The van der Waals surface area contributed by atoms with E-state index in [0.29, 0.717) is 0 Å². The molecule has 1 aliphatic heterocycles. The quantitative estimate of drug-likeness (QED) is 0.750. The fraction of sp³-hybridized carbons (Fsp3) is 0.706. The Bertz CT molecular complexity index is 423. The molecule has 0 saturated carbocycles. The number of nitrogens with one attached hydrogen (secondary N) is 1. The molecule has 124 valence electrons. The van der Waals surface area contributed by atoms with Crippen molar-refractivity contribution in [3.63, 3.8) is 0 Å². The molecule has 1 aromatic heterocycles. The molecule has 5 nitrogen and oxygen atoms in total. The summed E-state index contributed by atoms with van der Waals surface area (Å²) in [5.41, 5.74) is 1.24. The van der Waals surface area contributed by atoms with Crippen LogP contribution in [0.1, 0.15) is 18.9 Å². The van der Waals surface area contributed by atoms with E-state index in [9.17, 15) is 0 Å². The van der Waals surface area contributed by atoms with Crippen LogP contribution < -0.4 is 10.2 Å². The molecule has 0 radical (unpaired) electrons. The molecule has 0 aliphatic carbocycles. The van der Waals surface area contributed by atoms with E-state index in [0.717, 1.165) is 38.0 Å². The third kappa shape index (κ3) is 5.23. The molecule has 1 aromatic rings. The molecular formula is C17H30N4O. The van der Waals surface area contributed by atoms with Gasteiger partial charge in [-0.15, -0.1) is 0 Å². The van der Waals surface area contributed by atoms with Crippen molar-refractivity contribution < 1.29 is 4.74 Å². The highest BCUT2D eigenvalue weighted by atomic mass is 16.5. The predicted octanol–water partition coefficient (Wildman–Crippen LogP) is 1.60. The summed E-state index contributed by atoms with van der Waals surface area (Å²) in [4.78, 5) is 9.17. The van der Waals surface area contributed by atoms with Gasteiger partial charge in [-0.2, -0.15) is 0 Å². The van der Waals surface area contributed by atoms with E-state index in [4.69, 9.17) is 4.74 Å². The van der Waals surface area contributed by atoms with Crippen molar-refractivity contribution in [2.75, 3.05) is 58.4 Å². The van der Waals surface area contributed by atoms with Gasteiger partial charge in [0.15, 0.2) is 0 Å². The van der Waals surface area contributed by atoms with E-state index >= 15 is 0 Å². The lowest BCUT2D eigenvalue weighted by Gasteiger charge is -2.18. The van der Waals surface area contributed by atoms with Crippen molar-refractivity contribution >= 4 is 5.82 Å². The van der Waals surface area contributed by atoms with E-state index in [2.05, 4.69) is 39.2 Å². The third-order valence-corrected chi connectivity index (χ3v) is 4.41. The predicted molar refractivity (Wildman–Crippen MR) is 91.3 cm³/mol. The van der Waals surface area contributed by atoms with Crippen LogP contribution in [0.15, 0.2) is 18.3 Å². The van der Waals surface area contributed by atoms with Crippen molar-refractivity contribution in [1.82, 2.24) is 15.2 Å². The van der Waals surface area contributed by atoms with Gasteiger partial charge in [-0.3, -0.25) is 0 Å². The van der Waals surface area contributed by atoms with Gasteiger partial charge in [0.25, 0.3) is 0 Å². The number of anilines is 1. The highest BCUT2D eigenvalue weighted by Crippen LogP contribution is 2.15. The van der Waals surface area contributed by atoms with Crippen LogP contribution in [-0.4, -0.2) is 63.4 Å². The summed E-state index contributed by atoms with van der Waals surface area (Å²) in [6.45, 7) is 9.50. The van der Waals surface area contributed by atoms with E-state index in [1.54, 1.807) is 7.11 Å². The summed E-state index contributed by atoms with van der Waals surface area (Å²) < 4.78 is 5.09. The van der Waals surface area contributed by atoms with Crippen LogP contribution in [-0.2, 0) is 11.3 Å². The number of rotatable bonds is 9. The summed E-state index contributed by atoms with van der Waals surface area (Å²) >= 11 is 0. The SMILES string of the molecule is CCN1CCC(CNCc2ccc(N(C)CCOC)nc2)C1. The Hall–Kier alpha value is -1.17. The van der Waals surface area contributed by atoms with E-state index < -0.39 is 0 Å². The lowest BCUT2D eigenvalue weighted by atomic mass is 10.1. The zero-order valence-electron chi connectivity index (χ0n) is 14.2. The Morgan fingerprint density at radius 3 is 2.95 bits per heavy atom. The number of aromatic nitrogens is 1. The Balaban J connectivity index is 1.70. The van der Waals surface area contributed by atoms with Crippen molar-refractivity contribution in [3.05, 3.63) is 23.9 Å². The summed E-state index contributed by atoms with van der Waals surface area (Å²) in [6.07, 6.45) is 3.29. The van der Waals surface area contributed by atoms with E-state index in [-0.39, 0.29) is 0 Å². The number of ether oxygens (including phenoxy) is 1. The van der Waals surface area contributed by atoms with Gasteiger partial charge >= 0.3 is 0 Å². The number of nitrogens with zero attached hydrogens (tertiary/aromatic N) is 3. The Kier molecular flexibility index (Phi) is 7.09. The number of pyridine rings is 1. The maximum atomic E-state index is 5.09. The molecule has 0 amide bonds. The van der Waals surface area contributed by atoms with Crippen LogP contribution in [0.2, 0.25) is 0 Å². The number of hydrogen-bond donors (Lipinski definition) is 1. The van der Waals surface area contributed by atoms with Crippen LogP contribution >= 0.6 is 0 Å². The molecule has 1 N–H and O–H groups in total. The second-order valence-electron chi connectivity index (χ2n) is 6.12. The number of methoxy groups -OCH3 is 1. The van der Waals surface area contributed by atoms with Crippen LogP contribution in [0.3, 0.4) is 0 Å². The molecule has 2 heterocycles. The molecule has 1 unspecified atom stereocenters. The molecule has 5 heteroatoms. The third-order valence-electron chi connectivity index (χ3n) is 4.41. The van der Waals surface area contributed by atoms with Gasteiger partial charge in [-0.05, 0) is 43.6 Å². The first-order valence-electron chi connectivity index (χ1n) is 8.31. The minimum atomic E-state index is 0.720. The maximum absolute atomic E-state index is 5.09. The van der Waals surface area contributed by atoms with E-state index in [1.165, 1.54) is 31.6 Å². The van der Waals surface area contributed by atoms with Gasteiger partial charge in [0, 0.05) is 40.0 Å². The van der Waals surface area contributed by atoms with E-state index in [1.807, 2.05) is 13.2 Å². The Labute approximate surface area is 134 Å². The fourth-order valence-corrected chi connectivity index (χ4v) is 2.88. The second-order valence-corrected chi connectivity index (χ2v) is 6.12. The van der Waals surface area contributed by atoms with Gasteiger partial charge in [0.2, 0.25) is 0 Å². The van der Waals surface area contributed by atoms with Crippen molar-refractivity contribution in [1.29, 1.82) is 0 Å². The molecule has 1 fully saturated rings. The highest BCUT2D eigenvalue weighted by molar-refractivity contribution is 5.38. The molecule has 0 spiro atoms. The zero-order valence-corrected chi connectivity index (χ0v) is 14.2. The van der Waals surface area contributed by atoms with Gasteiger partial charge < -0.3 is 19.9 Å². The highest BCUT2D eigenvalue weighted by Gasteiger charge is 2.20. The van der Waals surface area contributed by atoms with Crippen LogP contribution in [0.25, 0.3) is 0 Å². The minimum absolute atomic E-state index is 0.720. The summed E-state index contributed by atoms with van der Waals surface area (Å²) in [5.74, 6) is 1.79. The lowest BCUT2D eigenvalue weighted by molar-refractivity contribution is 0.206. The van der Waals surface area contributed by atoms with Crippen LogP contribution in [0.4, 0.5) is 5.82 Å². The molecular weight excluding hydrogens is 276 g/mol. The van der Waals surface area contributed by atoms with Crippen LogP contribution in [0.5, 0.6) is 0 Å². The van der Waals surface area contributed by atoms with Gasteiger partial charge in [0.05, 0.1) is 6.61 Å². The Morgan fingerprint density at radius 1 is 1.45 bits per heavy atom. The zero-order chi connectivity index (χ0) is 15.8. The average molecular weight is 306 g/mol. The first kappa shape index (κ1) is 17.2. The number of likely N-dealkylation sites (N-methyl/N-ethyl adjacent to an activating group) is 1. The molecule has 0 bridgehead atoms. The van der Waals surface area contributed by atoms with Crippen LogP contribution in [0, 0.1) is 5.92 Å². The minimum Gasteiger partial charge on any atom is -0.383 e. The number of hydrogen-bond acceptors (Lipinski definition) is 5. The largest absolute Gasteiger partial charge is 0.383 e. The molecule has 1 aliphatic rings. The molecule has 22 heavy (non-hydrogen) atoms. The van der Waals surface area contributed by atoms with Crippen molar-refractivity contribution in [2.45, 2.75) is 19.9 Å². The number of likely N-dealkylation sites (tertiary alicyclic amines) is 1. The summed E-state index contributed by atoms with van der Waals surface area (Å²) in [6, 6.07) is 4.24. The van der Waals surface area contributed by atoms with Gasteiger partial charge in [-0.1, -0.05) is 13.0 Å². The maximum Gasteiger partial charge on any atom is 0.128 e. The molecule has 1 saturated heterocycles. The normalized spacial score (nSPS) is 18.8. The first-order valence-corrected chi connectivity index (χ1v) is 8.31. The summed E-state index contributed by atoms with van der Waals surface area (Å²) in [5, 5.41) is 3.57. The molecule has 0 aromatic carbocycles. The monoisotopic (exact) mass is 306 g/mol. The molecule has 1 atom stereocenters. The van der Waals surface area contributed by atoms with Crippen molar-refractivity contribution in [2.24, 2.45) is 5.92 Å². The standard InChI is InChI=1S/C17H30N4O/c1-4-21-8-7-16(14-21)12-18-11-15-5-6-17(19-13-15)20(2)9-10-22-3/h5-6,13,16,18H,4,7-12,14H2,1-3H3. The summed E-state index contributed by atoms with van der Waals surface area (Å²) in [7, 11) is 3.76. The fourth-order valence-electron chi connectivity index (χ4n) is 2.88. The van der Waals surface area contributed by atoms with Crippen molar-refractivity contribution in [3.8, 4) is 0 Å². The lowest BCUT2D eigenvalue weighted by Crippen LogP contribution is -2.26. The first-order chi connectivity index (χ1) is 10.7. The second kappa shape index (κ2) is 9.08. The smallest absolute Gasteiger partial charge is 0.128 e. The van der Waals surface area contributed by atoms with Gasteiger partial charge in [0.1, 0.15) is 5.82 Å². The Morgan fingerprint density at radius 2 is 2.32 bits per heavy atom. The average Bonchev–Trinajstić information content (AvgIpc) is 3.01. The topological polar surface area (TPSA) is 40.6 Å². The van der Waals surface area contributed by atoms with Gasteiger partial charge in [-0.25, -0.2) is 4.98 Å².